The van der Waals surface area contributed by atoms with Crippen LogP contribution in [0.15, 0.2) is 84.9 Å². The molecule has 0 N–H and O–H groups in total. The summed E-state index contributed by atoms with van der Waals surface area (Å²) in [6.07, 6.45) is 0.530. The molecule has 0 heterocycles. The van der Waals surface area contributed by atoms with Gasteiger partial charge in [0.25, 0.3) is 0 Å². The number of ketones is 1. The van der Waals surface area contributed by atoms with Gasteiger partial charge in [0, 0.05) is 31.6 Å². The summed E-state index contributed by atoms with van der Waals surface area (Å²) < 4.78 is 0. The summed E-state index contributed by atoms with van der Waals surface area (Å²) in [6.45, 7) is 4.47. The summed E-state index contributed by atoms with van der Waals surface area (Å²) in [6, 6.07) is 28.7. The van der Waals surface area contributed by atoms with Gasteiger partial charge in [-0.25, -0.2) is 0 Å². The number of hydrogen-bond donors (Lipinski definition) is 0. The lowest BCUT2D eigenvalue weighted by molar-refractivity contribution is 0.0960. The molecular weight excluding hydrogens is 318 g/mol. The molecule has 0 amide bonds. The molecule has 132 valence electrons. The second-order valence-corrected chi connectivity index (χ2v) is 6.72. The zero-order valence-electron chi connectivity index (χ0n) is 15.3. The molecule has 0 bridgehead atoms. The Bertz CT molecular complexity index is 768. The van der Waals surface area contributed by atoms with Crippen LogP contribution < -0.4 is 0 Å². The smallest absolute Gasteiger partial charge is 0.164 e. The minimum Gasteiger partial charge on any atom is -0.294 e. The van der Waals surface area contributed by atoms with Gasteiger partial charge in [0.2, 0.25) is 0 Å². The molecule has 0 aromatic heterocycles. The third kappa shape index (κ3) is 5.40. The SMILES string of the molecule is Cc1ccc(C(=O)CCN(Cc2ccccc2)Cc2ccccc2)cc1. The number of carbonyl (C=O) groups is 1. The molecule has 0 saturated heterocycles. The lowest BCUT2D eigenvalue weighted by Crippen LogP contribution is -2.25. The Balaban J connectivity index is 1.66. The molecule has 2 heteroatoms. The van der Waals surface area contributed by atoms with E-state index in [1.165, 1.54) is 16.7 Å². The van der Waals surface area contributed by atoms with Crippen molar-refractivity contribution < 1.29 is 4.79 Å². The van der Waals surface area contributed by atoms with Crippen molar-refractivity contribution in [2.75, 3.05) is 6.54 Å². The van der Waals surface area contributed by atoms with E-state index in [4.69, 9.17) is 0 Å². The van der Waals surface area contributed by atoms with Gasteiger partial charge in [-0.15, -0.1) is 0 Å². The molecule has 3 aromatic carbocycles. The maximum absolute atomic E-state index is 12.5. The average Bonchev–Trinajstić information content (AvgIpc) is 2.68. The van der Waals surface area contributed by atoms with E-state index in [9.17, 15) is 4.79 Å². The molecule has 0 aliphatic carbocycles. The van der Waals surface area contributed by atoms with Crippen molar-refractivity contribution in [3.8, 4) is 0 Å². The van der Waals surface area contributed by atoms with Gasteiger partial charge in [0.15, 0.2) is 5.78 Å². The molecule has 0 aliphatic heterocycles. The average molecular weight is 343 g/mol. The van der Waals surface area contributed by atoms with Crippen molar-refractivity contribution >= 4 is 5.78 Å². The summed E-state index contributed by atoms with van der Waals surface area (Å²) in [5.74, 6) is 0.205. The minimum atomic E-state index is 0.205. The number of nitrogens with zero attached hydrogens (tertiary/aromatic N) is 1. The van der Waals surface area contributed by atoms with Gasteiger partial charge >= 0.3 is 0 Å². The molecule has 0 saturated carbocycles. The summed E-state index contributed by atoms with van der Waals surface area (Å²) in [5, 5.41) is 0. The lowest BCUT2D eigenvalue weighted by atomic mass is 10.1. The first kappa shape index (κ1) is 18.1. The Kier molecular flexibility index (Phi) is 6.34. The third-order valence-electron chi connectivity index (χ3n) is 4.53. The highest BCUT2D eigenvalue weighted by Gasteiger charge is 2.11. The van der Waals surface area contributed by atoms with E-state index < -0.39 is 0 Å². The van der Waals surface area contributed by atoms with Crippen molar-refractivity contribution in [3.05, 3.63) is 107 Å². The fraction of sp³-hybridized carbons (Fsp3) is 0.208. The Morgan fingerprint density at radius 2 is 1.23 bits per heavy atom. The van der Waals surface area contributed by atoms with Gasteiger partial charge in [-0.05, 0) is 18.1 Å². The highest BCUT2D eigenvalue weighted by molar-refractivity contribution is 5.96. The summed E-state index contributed by atoms with van der Waals surface area (Å²) in [4.78, 5) is 14.9. The van der Waals surface area contributed by atoms with Crippen molar-refractivity contribution in [3.63, 3.8) is 0 Å². The van der Waals surface area contributed by atoms with Crippen LogP contribution in [0.5, 0.6) is 0 Å². The maximum Gasteiger partial charge on any atom is 0.164 e. The van der Waals surface area contributed by atoms with Crippen LogP contribution in [0.1, 0.15) is 33.5 Å². The van der Waals surface area contributed by atoms with E-state index in [-0.39, 0.29) is 5.78 Å². The van der Waals surface area contributed by atoms with E-state index >= 15 is 0 Å². The zero-order valence-corrected chi connectivity index (χ0v) is 15.3. The Hall–Kier alpha value is -2.71. The predicted molar refractivity (Wildman–Crippen MR) is 107 cm³/mol. The van der Waals surface area contributed by atoms with E-state index in [1.807, 2.05) is 43.3 Å². The summed E-state index contributed by atoms with van der Waals surface area (Å²) in [7, 11) is 0. The fourth-order valence-corrected chi connectivity index (χ4v) is 3.04. The van der Waals surface area contributed by atoms with Gasteiger partial charge in [-0.3, -0.25) is 9.69 Å². The molecule has 3 aromatic rings. The molecule has 0 spiro atoms. The topological polar surface area (TPSA) is 20.3 Å². The third-order valence-corrected chi connectivity index (χ3v) is 4.53. The fourth-order valence-electron chi connectivity index (χ4n) is 3.04. The first-order chi connectivity index (χ1) is 12.7. The number of rotatable bonds is 8. The van der Waals surface area contributed by atoms with Crippen molar-refractivity contribution in [2.45, 2.75) is 26.4 Å². The van der Waals surface area contributed by atoms with Gasteiger partial charge in [-0.2, -0.15) is 0 Å². The largest absolute Gasteiger partial charge is 0.294 e. The first-order valence-corrected chi connectivity index (χ1v) is 9.11. The summed E-state index contributed by atoms with van der Waals surface area (Å²) in [5.41, 5.74) is 4.52. The van der Waals surface area contributed by atoms with Crippen LogP contribution >= 0.6 is 0 Å². The predicted octanol–water partition coefficient (Wildman–Crippen LogP) is 5.27. The second kappa shape index (κ2) is 9.12. The highest BCUT2D eigenvalue weighted by atomic mass is 16.1. The van der Waals surface area contributed by atoms with Crippen LogP contribution in [0.4, 0.5) is 0 Å². The van der Waals surface area contributed by atoms with E-state index in [0.29, 0.717) is 6.42 Å². The zero-order chi connectivity index (χ0) is 18.2. The lowest BCUT2D eigenvalue weighted by Gasteiger charge is -2.22. The molecule has 0 unspecified atom stereocenters. The molecule has 2 nitrogen and oxygen atoms in total. The molecular formula is C24H25NO. The number of aryl methyl sites for hydroxylation is 1. The molecule has 0 fully saturated rings. The molecule has 0 radical (unpaired) electrons. The molecule has 3 rings (SSSR count). The van der Waals surface area contributed by atoms with E-state index in [0.717, 1.165) is 25.2 Å². The van der Waals surface area contributed by atoms with Crippen LogP contribution in [-0.4, -0.2) is 17.2 Å². The van der Waals surface area contributed by atoms with Crippen molar-refractivity contribution in [1.29, 1.82) is 0 Å². The van der Waals surface area contributed by atoms with E-state index in [2.05, 4.69) is 53.4 Å². The van der Waals surface area contributed by atoms with Gasteiger partial charge in [0.1, 0.15) is 0 Å². The Labute approximate surface area is 156 Å². The van der Waals surface area contributed by atoms with Crippen LogP contribution in [0.25, 0.3) is 0 Å². The number of carbonyl (C=O) groups excluding carboxylic acids is 1. The second-order valence-electron chi connectivity index (χ2n) is 6.72. The van der Waals surface area contributed by atoms with Crippen molar-refractivity contribution in [2.24, 2.45) is 0 Å². The molecule has 26 heavy (non-hydrogen) atoms. The Morgan fingerprint density at radius 1 is 0.731 bits per heavy atom. The molecule has 0 aliphatic rings. The van der Waals surface area contributed by atoms with Crippen LogP contribution in [-0.2, 0) is 13.1 Å². The van der Waals surface area contributed by atoms with Crippen LogP contribution in [0, 0.1) is 6.92 Å². The number of hydrogen-bond acceptors (Lipinski definition) is 2. The van der Waals surface area contributed by atoms with Crippen LogP contribution in [0.2, 0.25) is 0 Å². The van der Waals surface area contributed by atoms with Crippen LogP contribution in [0.3, 0.4) is 0 Å². The Morgan fingerprint density at radius 3 is 1.73 bits per heavy atom. The number of Topliss-reactive ketones (excluding diaryl/α,β-unsaturated/α-hetero) is 1. The highest BCUT2D eigenvalue weighted by Crippen LogP contribution is 2.12. The van der Waals surface area contributed by atoms with Gasteiger partial charge < -0.3 is 0 Å². The quantitative estimate of drug-likeness (QED) is 0.519. The first-order valence-electron chi connectivity index (χ1n) is 9.11. The molecule has 0 atom stereocenters. The summed E-state index contributed by atoms with van der Waals surface area (Å²) >= 11 is 0. The normalized spacial score (nSPS) is 10.8. The van der Waals surface area contributed by atoms with Gasteiger partial charge in [0.05, 0.1) is 0 Å². The van der Waals surface area contributed by atoms with Crippen molar-refractivity contribution in [1.82, 2.24) is 4.90 Å². The standard InChI is InChI=1S/C24H25NO/c1-20-12-14-23(15-13-20)24(26)16-17-25(18-21-8-4-2-5-9-21)19-22-10-6-3-7-11-22/h2-15H,16-19H2,1H3. The monoisotopic (exact) mass is 343 g/mol. The number of benzene rings is 3. The maximum atomic E-state index is 12.5. The minimum absolute atomic E-state index is 0.205. The van der Waals surface area contributed by atoms with Gasteiger partial charge in [-0.1, -0.05) is 90.5 Å². The van der Waals surface area contributed by atoms with E-state index in [1.54, 1.807) is 0 Å².